The van der Waals surface area contributed by atoms with Crippen molar-refractivity contribution in [2.45, 2.75) is 44.1 Å². The molecule has 1 heterocycles. The largest absolute Gasteiger partial charge is 0.311 e. The van der Waals surface area contributed by atoms with Crippen molar-refractivity contribution >= 4 is 0 Å². The third-order valence-corrected chi connectivity index (χ3v) is 4.67. The van der Waals surface area contributed by atoms with E-state index in [1.165, 1.54) is 25.8 Å². The molecule has 3 rings (SSSR count). The van der Waals surface area contributed by atoms with Gasteiger partial charge in [-0.2, -0.15) is 0 Å². The van der Waals surface area contributed by atoms with Crippen molar-refractivity contribution in [3.63, 3.8) is 0 Å². The van der Waals surface area contributed by atoms with Crippen LogP contribution in [0.4, 0.5) is 0 Å². The second-order valence-electron chi connectivity index (χ2n) is 5.54. The normalized spacial score (nSPS) is 32.1. The van der Waals surface area contributed by atoms with Crippen LogP contribution >= 0.6 is 0 Å². The molecule has 0 bridgehead atoms. The Morgan fingerprint density at radius 1 is 1.13 bits per heavy atom. The minimum Gasteiger partial charge on any atom is -0.311 e. The molecule has 15 heavy (non-hydrogen) atoms. The molecule has 1 aliphatic heterocycles. The lowest BCUT2D eigenvalue weighted by molar-refractivity contribution is 0.271. The van der Waals surface area contributed by atoms with E-state index in [1.807, 2.05) is 0 Å². The lowest BCUT2D eigenvalue weighted by Crippen LogP contribution is -2.48. The van der Waals surface area contributed by atoms with Gasteiger partial charge in [-0.3, -0.25) is 0 Å². The Hall–Kier alpha value is -0.820. The molecule has 1 fully saturated rings. The van der Waals surface area contributed by atoms with Crippen molar-refractivity contribution < 1.29 is 0 Å². The molecule has 1 N–H and O–H groups in total. The standard InChI is InChI=1S/C14H19N/c1-13(2)14(9-10-15-13)8-7-11-5-3-4-6-12(11)14/h3-6,15H,7-10H2,1-2H3. The Bertz CT molecular complexity index is 394. The van der Waals surface area contributed by atoms with Gasteiger partial charge in [0.05, 0.1) is 0 Å². The first kappa shape index (κ1) is 9.41. The first-order valence-electron chi connectivity index (χ1n) is 5.99. The van der Waals surface area contributed by atoms with Gasteiger partial charge in [0, 0.05) is 11.0 Å². The average Bonchev–Trinajstić information content (AvgIpc) is 2.72. The highest BCUT2D eigenvalue weighted by Gasteiger charge is 2.52. The van der Waals surface area contributed by atoms with Gasteiger partial charge in [0.2, 0.25) is 0 Å². The van der Waals surface area contributed by atoms with Crippen LogP contribution < -0.4 is 5.32 Å². The lowest BCUT2D eigenvalue weighted by atomic mass is 9.68. The van der Waals surface area contributed by atoms with Crippen LogP contribution in [0.1, 0.15) is 37.8 Å². The van der Waals surface area contributed by atoms with E-state index in [9.17, 15) is 0 Å². The van der Waals surface area contributed by atoms with Crippen molar-refractivity contribution in [2.75, 3.05) is 6.54 Å². The summed E-state index contributed by atoms with van der Waals surface area (Å²) in [4.78, 5) is 0. The Morgan fingerprint density at radius 2 is 1.93 bits per heavy atom. The Balaban J connectivity index is 2.16. The summed E-state index contributed by atoms with van der Waals surface area (Å²) >= 11 is 0. The van der Waals surface area contributed by atoms with Crippen LogP contribution in [0.25, 0.3) is 0 Å². The van der Waals surface area contributed by atoms with Gasteiger partial charge in [-0.1, -0.05) is 24.3 Å². The topological polar surface area (TPSA) is 12.0 Å². The number of benzene rings is 1. The van der Waals surface area contributed by atoms with E-state index in [4.69, 9.17) is 0 Å². The maximum absolute atomic E-state index is 3.67. The zero-order valence-corrected chi connectivity index (χ0v) is 9.64. The number of hydrogen-bond donors (Lipinski definition) is 1. The maximum atomic E-state index is 3.67. The maximum Gasteiger partial charge on any atom is 0.0222 e. The molecule has 1 aliphatic carbocycles. The molecule has 0 amide bonds. The molecule has 0 radical (unpaired) electrons. The predicted octanol–water partition coefficient (Wildman–Crippen LogP) is 2.64. The van der Waals surface area contributed by atoms with E-state index in [0.717, 1.165) is 0 Å². The van der Waals surface area contributed by atoms with Gasteiger partial charge in [-0.15, -0.1) is 0 Å². The molecule has 80 valence electrons. The fourth-order valence-electron chi connectivity index (χ4n) is 3.67. The summed E-state index contributed by atoms with van der Waals surface area (Å²) in [7, 11) is 0. The van der Waals surface area contributed by atoms with Crippen molar-refractivity contribution in [3.05, 3.63) is 35.4 Å². The number of fused-ring (bicyclic) bond motifs is 2. The van der Waals surface area contributed by atoms with E-state index in [0.29, 0.717) is 5.41 Å². The minimum absolute atomic E-state index is 0.263. The second-order valence-corrected chi connectivity index (χ2v) is 5.54. The van der Waals surface area contributed by atoms with Gasteiger partial charge in [0.25, 0.3) is 0 Å². The zero-order valence-electron chi connectivity index (χ0n) is 9.64. The molecule has 1 unspecified atom stereocenters. The summed E-state index contributed by atoms with van der Waals surface area (Å²) in [6, 6.07) is 9.02. The minimum atomic E-state index is 0.263. The van der Waals surface area contributed by atoms with Crippen molar-refractivity contribution in [3.8, 4) is 0 Å². The van der Waals surface area contributed by atoms with Crippen LogP contribution in [0, 0.1) is 0 Å². The Morgan fingerprint density at radius 3 is 2.67 bits per heavy atom. The third-order valence-electron chi connectivity index (χ3n) is 4.67. The van der Waals surface area contributed by atoms with E-state index in [2.05, 4.69) is 43.4 Å². The molecule has 1 aromatic carbocycles. The molecular formula is C14H19N. The van der Waals surface area contributed by atoms with Gasteiger partial charge in [0.15, 0.2) is 0 Å². The first-order valence-corrected chi connectivity index (χ1v) is 5.99. The summed E-state index contributed by atoms with van der Waals surface area (Å²) in [5, 5.41) is 3.67. The number of hydrogen-bond acceptors (Lipinski definition) is 1. The van der Waals surface area contributed by atoms with Gasteiger partial charge in [-0.05, 0) is 50.8 Å². The fourth-order valence-corrected chi connectivity index (χ4v) is 3.67. The van der Waals surface area contributed by atoms with Gasteiger partial charge in [-0.25, -0.2) is 0 Å². The van der Waals surface area contributed by atoms with Crippen LogP contribution in [0.15, 0.2) is 24.3 Å². The van der Waals surface area contributed by atoms with E-state index >= 15 is 0 Å². The SMILES string of the molecule is CC1(C)NCCC12CCc1ccccc12. The quantitative estimate of drug-likeness (QED) is 0.680. The summed E-state index contributed by atoms with van der Waals surface area (Å²) in [5.41, 5.74) is 3.86. The predicted molar refractivity (Wildman–Crippen MR) is 63.1 cm³/mol. The Labute approximate surface area is 91.9 Å². The molecule has 0 aromatic heterocycles. The van der Waals surface area contributed by atoms with Gasteiger partial charge < -0.3 is 5.32 Å². The fraction of sp³-hybridized carbons (Fsp3) is 0.571. The average molecular weight is 201 g/mol. The van der Waals surface area contributed by atoms with E-state index < -0.39 is 0 Å². The van der Waals surface area contributed by atoms with Gasteiger partial charge in [0.1, 0.15) is 0 Å². The molecular weight excluding hydrogens is 182 g/mol. The molecule has 1 atom stereocenters. The van der Waals surface area contributed by atoms with E-state index in [1.54, 1.807) is 11.1 Å². The zero-order chi connectivity index (χ0) is 10.5. The molecule has 1 saturated heterocycles. The summed E-state index contributed by atoms with van der Waals surface area (Å²) in [5.74, 6) is 0. The van der Waals surface area contributed by atoms with Crippen molar-refractivity contribution in [1.29, 1.82) is 0 Å². The summed E-state index contributed by atoms with van der Waals surface area (Å²) in [6.07, 6.45) is 3.89. The number of rotatable bonds is 0. The summed E-state index contributed by atoms with van der Waals surface area (Å²) < 4.78 is 0. The summed E-state index contributed by atoms with van der Waals surface area (Å²) in [6.45, 7) is 5.89. The molecule has 1 heteroatoms. The Kier molecular flexibility index (Phi) is 1.79. The number of aryl methyl sites for hydroxylation is 1. The highest BCUT2D eigenvalue weighted by Crippen LogP contribution is 2.50. The molecule has 0 saturated carbocycles. The van der Waals surface area contributed by atoms with Crippen LogP contribution in [0.3, 0.4) is 0 Å². The number of nitrogens with one attached hydrogen (secondary N) is 1. The van der Waals surface area contributed by atoms with E-state index in [-0.39, 0.29) is 5.54 Å². The molecule has 1 spiro atoms. The van der Waals surface area contributed by atoms with Crippen molar-refractivity contribution in [2.24, 2.45) is 0 Å². The lowest BCUT2D eigenvalue weighted by Gasteiger charge is -2.39. The van der Waals surface area contributed by atoms with Crippen LogP contribution in [0.2, 0.25) is 0 Å². The molecule has 2 aliphatic rings. The smallest absolute Gasteiger partial charge is 0.0222 e. The molecule has 1 nitrogen and oxygen atoms in total. The monoisotopic (exact) mass is 201 g/mol. The molecule has 1 aromatic rings. The van der Waals surface area contributed by atoms with Crippen LogP contribution in [-0.2, 0) is 11.8 Å². The van der Waals surface area contributed by atoms with Crippen LogP contribution in [0.5, 0.6) is 0 Å². The first-order chi connectivity index (χ1) is 7.16. The second kappa shape index (κ2) is 2.85. The van der Waals surface area contributed by atoms with Crippen LogP contribution in [-0.4, -0.2) is 12.1 Å². The van der Waals surface area contributed by atoms with Crippen molar-refractivity contribution in [1.82, 2.24) is 5.32 Å². The van der Waals surface area contributed by atoms with Gasteiger partial charge >= 0.3 is 0 Å². The highest BCUT2D eigenvalue weighted by atomic mass is 15.0. The third kappa shape index (κ3) is 1.07. The highest BCUT2D eigenvalue weighted by molar-refractivity contribution is 5.43.